The average Bonchev–Trinajstić information content (AvgIpc) is 3.81. The maximum absolute atomic E-state index is 14.4. The minimum absolute atomic E-state index is 0.0109. The Kier molecular flexibility index (Phi) is 10.4. The molecule has 0 aliphatic heterocycles. The van der Waals surface area contributed by atoms with Crippen molar-refractivity contribution in [2.75, 3.05) is 24.8 Å². The Balaban J connectivity index is 1.32. The Labute approximate surface area is 315 Å². The topological polar surface area (TPSA) is 130 Å². The van der Waals surface area contributed by atoms with Crippen LogP contribution in [0.3, 0.4) is 0 Å². The lowest BCUT2D eigenvalue weighted by Gasteiger charge is -2.23. The van der Waals surface area contributed by atoms with E-state index in [0.717, 1.165) is 73.1 Å². The number of hydrogen-bond donors (Lipinski definition) is 0. The predicted molar refractivity (Wildman–Crippen MR) is 210 cm³/mol. The molecule has 7 aromatic rings. The summed E-state index contributed by atoms with van der Waals surface area (Å²) in [7, 11) is -0.737. The standard InChI is InChI=1S/C41H45N7O5S/c1-8-13-37-44-38-26(3)20-30(40-43-33-14-10-11-15-34(33)46(40)6)22-35(38)47(37)23-29-17-18-32(31(21-29)24-52-9-2)39-36(16-12-19-42-39)54(49,50)48(25-51-7)41-27(4)28(5)45-53-41/h10-12,14-22H,8-9,13,23-25H2,1-7H3. The Hall–Kier alpha value is -5.37. The monoisotopic (exact) mass is 747 g/mol. The van der Waals surface area contributed by atoms with Gasteiger partial charge in [-0.25, -0.2) is 22.7 Å². The molecule has 0 saturated carbocycles. The van der Waals surface area contributed by atoms with Crippen molar-refractivity contribution >= 4 is 38.0 Å². The second kappa shape index (κ2) is 15.2. The third-order valence-electron chi connectivity index (χ3n) is 9.81. The molecular formula is C41H45N7O5S. The van der Waals surface area contributed by atoms with Crippen molar-refractivity contribution in [1.82, 2.24) is 29.2 Å². The number of imidazole rings is 2. The molecule has 0 bridgehead atoms. The van der Waals surface area contributed by atoms with Crippen LogP contribution in [0.15, 0.2) is 82.3 Å². The summed E-state index contributed by atoms with van der Waals surface area (Å²) in [6.45, 7) is 10.8. The van der Waals surface area contributed by atoms with E-state index in [0.29, 0.717) is 35.7 Å². The predicted octanol–water partition coefficient (Wildman–Crippen LogP) is 7.90. The van der Waals surface area contributed by atoms with Crippen molar-refractivity contribution < 1.29 is 22.4 Å². The van der Waals surface area contributed by atoms with Gasteiger partial charge in [-0.15, -0.1) is 0 Å². The third kappa shape index (κ3) is 6.67. The number of rotatable bonds is 14. The summed E-state index contributed by atoms with van der Waals surface area (Å²) >= 11 is 0. The molecular weight excluding hydrogens is 703 g/mol. The molecule has 0 atom stereocenters. The highest BCUT2D eigenvalue weighted by molar-refractivity contribution is 7.93. The lowest BCUT2D eigenvalue weighted by atomic mass is 10.0. The van der Waals surface area contributed by atoms with Gasteiger partial charge in [-0.2, -0.15) is 0 Å². The first-order valence-electron chi connectivity index (χ1n) is 18.1. The van der Waals surface area contributed by atoms with Crippen LogP contribution in [0.4, 0.5) is 5.88 Å². The molecule has 7 rings (SSSR count). The Morgan fingerprint density at radius 1 is 0.944 bits per heavy atom. The zero-order valence-electron chi connectivity index (χ0n) is 31.8. The van der Waals surface area contributed by atoms with Crippen LogP contribution in [-0.2, 0) is 46.1 Å². The van der Waals surface area contributed by atoms with E-state index in [4.69, 9.17) is 24.0 Å². The number of benzene rings is 3. The van der Waals surface area contributed by atoms with E-state index in [2.05, 4.69) is 64.4 Å². The lowest BCUT2D eigenvalue weighted by molar-refractivity contribution is 0.134. The molecule has 0 radical (unpaired) electrons. The van der Waals surface area contributed by atoms with E-state index >= 15 is 0 Å². The number of hydrogen-bond acceptors (Lipinski definition) is 9. The first-order chi connectivity index (χ1) is 26.1. The van der Waals surface area contributed by atoms with Gasteiger partial charge >= 0.3 is 0 Å². The van der Waals surface area contributed by atoms with Gasteiger partial charge in [0.15, 0.2) is 0 Å². The Bertz CT molecular complexity index is 2590. The molecule has 0 N–H and O–H groups in total. The average molecular weight is 748 g/mol. The van der Waals surface area contributed by atoms with Crippen LogP contribution in [0, 0.1) is 20.8 Å². The smallest absolute Gasteiger partial charge is 0.270 e. The summed E-state index contributed by atoms with van der Waals surface area (Å²) in [4.78, 5) is 14.8. The number of para-hydroxylation sites is 2. The largest absolute Gasteiger partial charge is 0.377 e. The van der Waals surface area contributed by atoms with Gasteiger partial charge in [0, 0.05) is 56.6 Å². The number of ether oxygens (including phenoxy) is 2. The molecule has 0 aliphatic carbocycles. The number of aryl methyl sites for hydroxylation is 4. The molecule has 0 aliphatic rings. The van der Waals surface area contributed by atoms with E-state index in [-0.39, 0.29) is 24.1 Å². The summed E-state index contributed by atoms with van der Waals surface area (Å²) in [6.07, 6.45) is 3.35. The van der Waals surface area contributed by atoms with Crippen molar-refractivity contribution in [1.29, 1.82) is 0 Å². The minimum atomic E-state index is -4.22. The fourth-order valence-electron chi connectivity index (χ4n) is 6.96. The third-order valence-corrected chi connectivity index (χ3v) is 11.6. The minimum Gasteiger partial charge on any atom is -0.377 e. The zero-order chi connectivity index (χ0) is 38.1. The van der Waals surface area contributed by atoms with Crippen LogP contribution in [0.25, 0.3) is 44.7 Å². The number of sulfonamides is 1. The van der Waals surface area contributed by atoms with Crippen LogP contribution < -0.4 is 4.31 Å². The van der Waals surface area contributed by atoms with Gasteiger partial charge in [0.05, 0.1) is 40.1 Å². The van der Waals surface area contributed by atoms with Crippen molar-refractivity contribution in [3.63, 3.8) is 0 Å². The molecule has 13 heteroatoms. The van der Waals surface area contributed by atoms with Crippen LogP contribution in [0.5, 0.6) is 0 Å². The molecule has 0 spiro atoms. The van der Waals surface area contributed by atoms with Crippen molar-refractivity contribution in [3.05, 3.63) is 107 Å². The number of methoxy groups -OCH3 is 1. The van der Waals surface area contributed by atoms with Gasteiger partial charge in [0.25, 0.3) is 10.0 Å². The molecule has 280 valence electrons. The number of nitrogens with zero attached hydrogens (tertiary/aromatic N) is 7. The summed E-state index contributed by atoms with van der Waals surface area (Å²) < 4.78 is 51.1. The normalized spacial score (nSPS) is 12.0. The second-order valence-electron chi connectivity index (χ2n) is 13.5. The molecule has 12 nitrogen and oxygen atoms in total. The van der Waals surface area contributed by atoms with E-state index < -0.39 is 10.0 Å². The highest BCUT2D eigenvalue weighted by atomic mass is 32.2. The van der Waals surface area contributed by atoms with Crippen molar-refractivity contribution in [3.8, 4) is 22.6 Å². The summed E-state index contributed by atoms with van der Waals surface area (Å²) in [5.41, 5.74) is 10.1. The fraction of sp³-hybridized carbons (Fsp3) is 0.317. The molecule has 0 fully saturated rings. The summed E-state index contributed by atoms with van der Waals surface area (Å²) in [5, 5.41) is 3.99. The van der Waals surface area contributed by atoms with E-state index in [1.54, 1.807) is 32.2 Å². The maximum Gasteiger partial charge on any atom is 0.270 e. The van der Waals surface area contributed by atoms with Crippen molar-refractivity contribution in [2.24, 2.45) is 7.05 Å². The van der Waals surface area contributed by atoms with Gasteiger partial charge in [0.1, 0.15) is 23.3 Å². The maximum atomic E-state index is 14.4. The highest BCUT2D eigenvalue weighted by Gasteiger charge is 2.33. The quantitative estimate of drug-likeness (QED) is 0.102. The second-order valence-corrected chi connectivity index (χ2v) is 15.3. The van der Waals surface area contributed by atoms with Gasteiger partial charge in [-0.05, 0) is 87.2 Å². The SMILES string of the molecule is CCCc1nc2c(C)cc(-c3nc4ccccc4n3C)cc2n1Cc1ccc(-c2ncccc2S(=O)(=O)N(COC)c2onc(C)c2C)c(COCC)c1. The van der Waals surface area contributed by atoms with Crippen LogP contribution in [-0.4, -0.2) is 58.1 Å². The van der Waals surface area contributed by atoms with Crippen LogP contribution in [0.1, 0.15) is 54.0 Å². The van der Waals surface area contributed by atoms with Gasteiger partial charge in [0.2, 0.25) is 5.88 Å². The summed E-state index contributed by atoms with van der Waals surface area (Å²) in [5.74, 6) is 2.00. The van der Waals surface area contributed by atoms with Crippen LogP contribution in [0.2, 0.25) is 0 Å². The van der Waals surface area contributed by atoms with Gasteiger partial charge in [-0.3, -0.25) is 4.98 Å². The molecule has 0 unspecified atom stereocenters. The number of pyridine rings is 1. The van der Waals surface area contributed by atoms with E-state index in [9.17, 15) is 8.42 Å². The van der Waals surface area contributed by atoms with Crippen molar-refractivity contribution in [2.45, 2.75) is 65.5 Å². The first kappa shape index (κ1) is 37.0. The molecule has 0 saturated heterocycles. The van der Waals surface area contributed by atoms with E-state index in [1.165, 1.54) is 7.11 Å². The van der Waals surface area contributed by atoms with Gasteiger partial charge in [-0.1, -0.05) is 42.4 Å². The molecule has 3 aromatic carbocycles. The number of aromatic nitrogens is 6. The van der Waals surface area contributed by atoms with E-state index in [1.807, 2.05) is 37.3 Å². The fourth-order valence-corrected chi connectivity index (χ4v) is 8.49. The Morgan fingerprint density at radius 3 is 2.48 bits per heavy atom. The molecule has 0 amide bonds. The Morgan fingerprint density at radius 2 is 1.76 bits per heavy atom. The molecule has 54 heavy (non-hydrogen) atoms. The first-order valence-corrected chi connectivity index (χ1v) is 19.5. The van der Waals surface area contributed by atoms with Crippen LogP contribution >= 0.6 is 0 Å². The zero-order valence-corrected chi connectivity index (χ0v) is 32.6. The molecule has 4 heterocycles. The number of anilines is 1. The lowest BCUT2D eigenvalue weighted by Crippen LogP contribution is -2.33. The highest BCUT2D eigenvalue weighted by Crippen LogP contribution is 2.36. The number of fused-ring (bicyclic) bond motifs is 2. The molecule has 4 aromatic heterocycles. The summed E-state index contributed by atoms with van der Waals surface area (Å²) in [6, 6.07) is 21.7. The van der Waals surface area contributed by atoms with Gasteiger partial charge < -0.3 is 23.1 Å².